The summed E-state index contributed by atoms with van der Waals surface area (Å²) in [4.78, 5) is 11.0. The number of rotatable bonds is 7. The first-order chi connectivity index (χ1) is 12.7. The van der Waals surface area contributed by atoms with E-state index < -0.39 is 17.8 Å². The molecule has 0 fully saturated rings. The molecule has 5 nitrogen and oxygen atoms in total. The van der Waals surface area contributed by atoms with Crippen LogP contribution in [0.25, 0.3) is 0 Å². The number of halogens is 3. The molecule has 144 valence electrons. The molecule has 0 aliphatic rings. The van der Waals surface area contributed by atoms with Gasteiger partial charge >= 0.3 is 57.6 Å². The van der Waals surface area contributed by atoms with Crippen LogP contribution in [0.15, 0.2) is 48.5 Å². The summed E-state index contributed by atoms with van der Waals surface area (Å²) in [5, 5.41) is 1.07. The van der Waals surface area contributed by atoms with Gasteiger partial charge in [-0.15, -0.1) is 12.6 Å². The van der Waals surface area contributed by atoms with E-state index in [0.29, 0.717) is 11.5 Å². The number of nitrogens with zero attached hydrogens (tertiary/aromatic N) is 1. The molecule has 2 N–H and O–H groups in total. The van der Waals surface area contributed by atoms with E-state index in [-0.39, 0.29) is 68.0 Å². The number of thiol groups is 1. The van der Waals surface area contributed by atoms with Gasteiger partial charge in [0.2, 0.25) is 0 Å². The van der Waals surface area contributed by atoms with Crippen LogP contribution in [0.5, 0.6) is 17.2 Å². The third kappa shape index (κ3) is 7.99. The summed E-state index contributed by atoms with van der Waals surface area (Å²) in [6.07, 6.45) is -3.69. The Hall–Kier alpha value is -0.664. The van der Waals surface area contributed by atoms with Gasteiger partial charge in [0, 0.05) is 12.6 Å². The normalized spacial score (nSPS) is 11.8. The molecule has 2 aromatic carbocycles. The number of carbonyl (C=O) groups excluding carboxylic acids is 1. The van der Waals surface area contributed by atoms with Crippen LogP contribution in [0.4, 0.5) is 13.2 Å². The van der Waals surface area contributed by atoms with Crippen molar-refractivity contribution in [2.24, 2.45) is 5.84 Å². The van der Waals surface area contributed by atoms with Gasteiger partial charge in [-0.2, -0.15) is 13.2 Å². The van der Waals surface area contributed by atoms with E-state index in [4.69, 9.17) is 27.5 Å². The summed E-state index contributed by atoms with van der Waals surface area (Å²) in [5.74, 6) is 6.54. The number of thiocarbonyl (C=S) groups is 1. The zero-order chi connectivity index (χ0) is 20.0. The number of hydrogen-bond acceptors (Lipinski definition) is 5. The van der Waals surface area contributed by atoms with Crippen molar-refractivity contribution in [2.45, 2.75) is 12.3 Å². The fourth-order valence-electron chi connectivity index (χ4n) is 1.95. The molecule has 0 aliphatic heterocycles. The van der Waals surface area contributed by atoms with Crippen molar-refractivity contribution >= 4 is 35.5 Å². The van der Waals surface area contributed by atoms with Crippen molar-refractivity contribution < 1.29 is 78.8 Å². The van der Waals surface area contributed by atoms with Crippen LogP contribution in [0, 0.1) is 0 Å². The fourth-order valence-corrected chi connectivity index (χ4v) is 2.11. The summed E-state index contributed by atoms with van der Waals surface area (Å²) in [5.41, 5.74) is -0.760. The minimum absolute atomic E-state index is 0. The van der Waals surface area contributed by atoms with Gasteiger partial charge in [-0.1, -0.05) is 12.2 Å². The zero-order valence-electron chi connectivity index (χ0n) is 14.6. The smallest absolute Gasteiger partial charge is 0.538 e. The minimum atomic E-state index is -4.40. The molecule has 0 bridgehead atoms. The monoisotopic (exact) mass is 454 g/mol. The van der Waals surface area contributed by atoms with E-state index in [1.54, 1.807) is 18.4 Å². The maximum atomic E-state index is 12.5. The first-order valence-electron chi connectivity index (χ1n) is 7.43. The Kier molecular flexibility index (Phi) is 10.4. The molecule has 11 heteroatoms. The molecule has 1 unspecified atom stereocenters. The van der Waals surface area contributed by atoms with Gasteiger partial charge in [0.05, 0.1) is 5.56 Å². The van der Waals surface area contributed by atoms with E-state index in [2.05, 4.69) is 12.6 Å². The second kappa shape index (κ2) is 11.5. The van der Waals surface area contributed by atoms with Crippen molar-refractivity contribution in [1.82, 2.24) is 5.01 Å². The predicted molar refractivity (Wildman–Crippen MR) is 101 cm³/mol. The molecule has 0 heterocycles. The van der Waals surface area contributed by atoms with Crippen LogP contribution >= 0.6 is 24.8 Å². The Bertz CT molecular complexity index is 790. The average Bonchev–Trinajstić information content (AvgIpc) is 2.62. The molecule has 1 atom stereocenters. The maximum absolute atomic E-state index is 12.5. The van der Waals surface area contributed by atoms with Crippen molar-refractivity contribution in [3.8, 4) is 17.2 Å². The number of ether oxygens (including phenoxy) is 2. The van der Waals surface area contributed by atoms with Crippen LogP contribution in [0.3, 0.4) is 0 Å². The van der Waals surface area contributed by atoms with Crippen LogP contribution in [0.1, 0.15) is 5.56 Å². The zero-order valence-corrected chi connectivity index (χ0v) is 19.5. The Labute approximate surface area is 213 Å². The third-order valence-electron chi connectivity index (χ3n) is 3.26. The number of hydrazine groups is 1. The van der Waals surface area contributed by atoms with E-state index in [1.165, 1.54) is 24.3 Å². The summed E-state index contributed by atoms with van der Waals surface area (Å²) >= 11 is 8.64. The number of hydrogen-bond donors (Lipinski definition) is 2. The average molecular weight is 455 g/mol. The molecule has 0 amide bonds. The van der Waals surface area contributed by atoms with Gasteiger partial charge in [-0.05, 0) is 48.5 Å². The first-order valence-corrected chi connectivity index (χ1v) is 8.29. The summed E-state index contributed by atoms with van der Waals surface area (Å²) in [6, 6.07) is 10.5. The molecule has 0 aromatic heterocycles. The van der Waals surface area contributed by atoms with E-state index in [9.17, 15) is 18.0 Å². The Balaban J connectivity index is 0.00000392. The Morgan fingerprint density at radius 1 is 1.11 bits per heavy atom. The van der Waals surface area contributed by atoms with Crippen molar-refractivity contribution in [3.63, 3.8) is 0 Å². The second-order valence-electron chi connectivity index (χ2n) is 5.25. The summed E-state index contributed by atoms with van der Waals surface area (Å²) in [7, 11) is 0. The van der Waals surface area contributed by atoms with E-state index >= 15 is 0 Å². The number of nitrogens with two attached hydrogens (primary N) is 1. The molecule has 28 heavy (non-hydrogen) atoms. The first kappa shape index (κ1) is 25.4. The van der Waals surface area contributed by atoms with Crippen LogP contribution in [-0.4, -0.2) is 28.3 Å². The minimum Gasteiger partial charge on any atom is -0.538 e. The summed E-state index contributed by atoms with van der Waals surface area (Å²) < 4.78 is 48.6. The Morgan fingerprint density at radius 2 is 1.57 bits per heavy atom. The molecule has 2 aromatic rings. The van der Waals surface area contributed by atoms with E-state index in [0.717, 1.165) is 17.1 Å². The van der Waals surface area contributed by atoms with Crippen LogP contribution in [0.2, 0.25) is 0 Å². The van der Waals surface area contributed by atoms with Gasteiger partial charge in [-0.25, -0.2) is 12.1 Å². The van der Waals surface area contributed by atoms with Crippen molar-refractivity contribution in [2.75, 3.05) is 6.54 Å². The number of benzene rings is 2. The van der Waals surface area contributed by atoms with Gasteiger partial charge in [0.25, 0.3) is 0 Å². The predicted octanol–water partition coefficient (Wildman–Crippen LogP) is 0.749. The molecule has 0 aliphatic carbocycles. The number of alkyl halides is 3. The molecule has 0 spiro atoms. The Morgan fingerprint density at radius 3 is 2.00 bits per heavy atom. The van der Waals surface area contributed by atoms with Crippen LogP contribution in [-0.2, 0) is 11.0 Å². The largest absolute Gasteiger partial charge is 1.00 e. The van der Waals surface area contributed by atoms with Gasteiger partial charge < -0.3 is 14.3 Å². The van der Waals surface area contributed by atoms with Gasteiger partial charge in [0.15, 0.2) is 0 Å². The molecule has 0 saturated heterocycles. The summed E-state index contributed by atoms with van der Waals surface area (Å²) in [6.45, 7) is -0.0321. The van der Waals surface area contributed by atoms with Crippen LogP contribution < -0.4 is 66.7 Å². The third-order valence-corrected chi connectivity index (χ3v) is 3.75. The van der Waals surface area contributed by atoms with Crippen molar-refractivity contribution in [1.29, 1.82) is 0 Å². The van der Waals surface area contributed by atoms with Crippen molar-refractivity contribution in [3.05, 3.63) is 54.1 Å². The molecular weight excluding hydrogens is 440 g/mol. The van der Waals surface area contributed by atoms with E-state index in [1.807, 2.05) is 0 Å². The van der Waals surface area contributed by atoms with Gasteiger partial charge in [0.1, 0.15) is 21.6 Å². The molecular formula is C17H14F3KN2O3S2. The topological polar surface area (TPSA) is 64.8 Å². The molecule has 0 radical (unpaired) electrons. The van der Waals surface area contributed by atoms with Gasteiger partial charge in [-0.3, -0.25) is 5.01 Å². The quantitative estimate of drug-likeness (QED) is 0.161. The SMILES string of the molecule is NN(CC([C-]=O)Oc1ccc(Oc2ccc(C(F)(F)F)cc2)cc1)C(=S)S.[K+]. The fraction of sp³-hybridized carbons (Fsp3) is 0.176. The maximum Gasteiger partial charge on any atom is 1.00 e. The molecule has 0 saturated carbocycles. The molecule has 2 rings (SSSR count). The second-order valence-corrected chi connectivity index (χ2v) is 6.37. The standard InChI is InChI=1S/C17H14F3N2O3S2.K/c18-17(19,20)11-1-3-12(4-2-11)24-13-5-7-14(8-6-13)25-15(10-23)9-22(21)16(26)27;/h1-8,15H,9,21H2,(H,26,27);/q-1;+1.